The van der Waals surface area contributed by atoms with Crippen molar-refractivity contribution in [2.45, 2.75) is 85.6 Å². The SMILES string of the molecule is CC=C(C)C(=O)NC1=CCC2(C)C(CCC3C2CCC2(C)C3CCC2C(C)N(C)C)C1=O. The normalized spacial score (nSPS) is 42.6. The second kappa shape index (κ2) is 8.42. The molecule has 0 aromatic rings. The third-order valence-electron chi connectivity index (χ3n) is 10.7. The van der Waals surface area contributed by atoms with E-state index in [2.05, 4.69) is 45.1 Å². The predicted molar refractivity (Wildman–Crippen MR) is 130 cm³/mol. The van der Waals surface area contributed by atoms with Crippen LogP contribution in [0.5, 0.6) is 0 Å². The minimum atomic E-state index is -0.148. The van der Waals surface area contributed by atoms with Gasteiger partial charge in [0.2, 0.25) is 0 Å². The molecule has 0 heterocycles. The lowest BCUT2D eigenvalue weighted by Crippen LogP contribution is -2.56. The summed E-state index contributed by atoms with van der Waals surface area (Å²) >= 11 is 0. The second-order valence-corrected chi connectivity index (χ2v) is 12.1. The van der Waals surface area contributed by atoms with Gasteiger partial charge in [0.1, 0.15) is 0 Å². The Bertz CT molecular complexity index is 842. The van der Waals surface area contributed by atoms with Gasteiger partial charge in [-0.2, -0.15) is 0 Å². The van der Waals surface area contributed by atoms with Crippen LogP contribution >= 0.6 is 0 Å². The minimum Gasteiger partial charge on any atom is -0.319 e. The van der Waals surface area contributed by atoms with E-state index in [1.165, 1.54) is 32.1 Å². The van der Waals surface area contributed by atoms with E-state index < -0.39 is 0 Å². The number of hydrogen-bond acceptors (Lipinski definition) is 3. The fourth-order valence-electron chi connectivity index (χ4n) is 8.45. The Labute approximate surface area is 195 Å². The molecule has 0 saturated heterocycles. The Balaban J connectivity index is 1.56. The summed E-state index contributed by atoms with van der Waals surface area (Å²) < 4.78 is 0. The Morgan fingerprint density at radius 1 is 1.12 bits per heavy atom. The Hall–Kier alpha value is -1.42. The highest BCUT2D eigenvalue weighted by Gasteiger charge is 2.61. The van der Waals surface area contributed by atoms with Crippen LogP contribution in [0.25, 0.3) is 0 Å². The van der Waals surface area contributed by atoms with E-state index in [-0.39, 0.29) is 23.0 Å². The number of carbonyl (C=O) groups excluding carboxylic acids is 2. The number of allylic oxidation sites excluding steroid dienone is 3. The monoisotopic (exact) mass is 440 g/mol. The molecular weight excluding hydrogens is 396 g/mol. The quantitative estimate of drug-likeness (QED) is 0.600. The summed E-state index contributed by atoms with van der Waals surface area (Å²) in [5, 5.41) is 2.91. The molecule has 32 heavy (non-hydrogen) atoms. The number of Topliss-reactive ketones (excluding diaryl/α,β-unsaturated/α-hetero) is 1. The molecule has 178 valence electrons. The summed E-state index contributed by atoms with van der Waals surface area (Å²) in [6, 6.07) is 0.625. The first-order valence-corrected chi connectivity index (χ1v) is 12.9. The van der Waals surface area contributed by atoms with Crippen molar-refractivity contribution in [1.29, 1.82) is 0 Å². The first-order valence-electron chi connectivity index (χ1n) is 12.9. The van der Waals surface area contributed by atoms with E-state index in [9.17, 15) is 9.59 Å². The van der Waals surface area contributed by atoms with Crippen molar-refractivity contribution in [3.63, 3.8) is 0 Å². The van der Waals surface area contributed by atoms with Gasteiger partial charge in [0, 0.05) is 17.5 Å². The van der Waals surface area contributed by atoms with Gasteiger partial charge in [0.05, 0.1) is 5.70 Å². The summed E-state index contributed by atoms with van der Waals surface area (Å²) in [4.78, 5) is 28.3. The molecule has 4 nitrogen and oxygen atoms in total. The van der Waals surface area contributed by atoms with Gasteiger partial charge in [-0.15, -0.1) is 0 Å². The van der Waals surface area contributed by atoms with Gasteiger partial charge in [0.15, 0.2) is 5.78 Å². The molecule has 3 saturated carbocycles. The molecule has 0 aromatic carbocycles. The maximum Gasteiger partial charge on any atom is 0.251 e. The van der Waals surface area contributed by atoms with Crippen LogP contribution in [0.3, 0.4) is 0 Å². The predicted octanol–water partition coefficient (Wildman–Crippen LogP) is 5.35. The van der Waals surface area contributed by atoms with Crippen molar-refractivity contribution >= 4 is 11.7 Å². The zero-order chi connectivity index (χ0) is 23.4. The lowest BCUT2D eigenvalue weighted by molar-refractivity contribution is -0.141. The summed E-state index contributed by atoms with van der Waals surface area (Å²) in [5.41, 5.74) is 1.67. The molecule has 1 N–H and O–H groups in total. The number of carbonyl (C=O) groups is 2. The summed E-state index contributed by atoms with van der Waals surface area (Å²) in [7, 11) is 4.46. The third-order valence-corrected chi connectivity index (χ3v) is 10.7. The third kappa shape index (κ3) is 3.52. The molecule has 0 aromatic heterocycles. The number of rotatable bonds is 4. The number of hydrogen-bond donors (Lipinski definition) is 1. The molecule has 4 aliphatic carbocycles. The Kier molecular flexibility index (Phi) is 6.24. The van der Waals surface area contributed by atoms with Crippen LogP contribution in [0.2, 0.25) is 0 Å². The van der Waals surface area contributed by atoms with Gasteiger partial charge in [-0.05, 0) is 114 Å². The van der Waals surface area contributed by atoms with Gasteiger partial charge in [-0.1, -0.05) is 26.0 Å². The Morgan fingerprint density at radius 2 is 1.81 bits per heavy atom. The van der Waals surface area contributed by atoms with Crippen LogP contribution in [0.4, 0.5) is 0 Å². The fraction of sp³-hybridized carbons (Fsp3) is 0.786. The largest absolute Gasteiger partial charge is 0.319 e. The van der Waals surface area contributed by atoms with Gasteiger partial charge < -0.3 is 10.2 Å². The number of fused-ring (bicyclic) bond motifs is 5. The molecule has 8 atom stereocenters. The fourth-order valence-corrected chi connectivity index (χ4v) is 8.45. The van der Waals surface area contributed by atoms with Gasteiger partial charge in [-0.25, -0.2) is 0 Å². The Morgan fingerprint density at radius 3 is 2.47 bits per heavy atom. The van der Waals surface area contributed by atoms with Crippen LogP contribution in [0, 0.1) is 40.4 Å². The lowest BCUT2D eigenvalue weighted by Gasteiger charge is -2.60. The van der Waals surface area contributed by atoms with Crippen molar-refractivity contribution in [2.75, 3.05) is 14.1 Å². The van der Waals surface area contributed by atoms with E-state index in [4.69, 9.17) is 0 Å². The first-order chi connectivity index (χ1) is 15.0. The number of nitrogens with one attached hydrogen (secondary N) is 1. The van der Waals surface area contributed by atoms with Crippen molar-refractivity contribution < 1.29 is 9.59 Å². The zero-order valence-corrected chi connectivity index (χ0v) is 21.3. The van der Waals surface area contributed by atoms with E-state index in [0.29, 0.717) is 28.6 Å². The van der Waals surface area contributed by atoms with Crippen LogP contribution in [0.1, 0.15) is 79.6 Å². The molecule has 1 amide bonds. The molecule has 4 heteroatoms. The minimum absolute atomic E-state index is 0.0381. The van der Waals surface area contributed by atoms with Crippen molar-refractivity contribution in [2.24, 2.45) is 40.4 Å². The number of ketones is 1. The zero-order valence-electron chi connectivity index (χ0n) is 21.3. The maximum atomic E-state index is 13.5. The summed E-state index contributed by atoms with van der Waals surface area (Å²) in [6.07, 6.45) is 12.2. The smallest absolute Gasteiger partial charge is 0.251 e. The number of amides is 1. The highest BCUT2D eigenvalue weighted by molar-refractivity contribution is 6.04. The standard InChI is InChI=1S/C28H44N2O2/c1-8-17(2)26(32)29-24-14-16-28(5)22-13-15-27(4)20(18(3)30(6)7)11-12-21(27)19(22)9-10-23(28)25(24)31/h8,14,18-23H,9-13,15-16H2,1-7H3,(H,29,32). The van der Waals surface area contributed by atoms with Crippen molar-refractivity contribution in [1.82, 2.24) is 10.2 Å². The lowest BCUT2D eigenvalue weighted by atomic mass is 9.45. The molecule has 0 bridgehead atoms. The average Bonchev–Trinajstić information content (AvgIpc) is 3.11. The van der Waals surface area contributed by atoms with E-state index in [1.54, 1.807) is 13.0 Å². The van der Waals surface area contributed by atoms with Crippen LogP contribution < -0.4 is 5.32 Å². The van der Waals surface area contributed by atoms with E-state index in [0.717, 1.165) is 30.6 Å². The maximum absolute atomic E-state index is 13.5. The summed E-state index contributed by atoms with van der Waals surface area (Å²) in [6.45, 7) is 11.0. The number of nitrogens with zero attached hydrogens (tertiary/aromatic N) is 1. The van der Waals surface area contributed by atoms with Gasteiger partial charge in [0.25, 0.3) is 5.91 Å². The molecule has 8 unspecified atom stereocenters. The first kappa shape index (κ1) is 23.7. The molecule has 4 aliphatic rings. The molecule has 4 rings (SSSR count). The van der Waals surface area contributed by atoms with E-state index in [1.807, 2.05) is 13.0 Å². The average molecular weight is 441 g/mol. The molecule has 0 radical (unpaired) electrons. The van der Waals surface area contributed by atoms with Crippen molar-refractivity contribution in [3.05, 3.63) is 23.4 Å². The van der Waals surface area contributed by atoms with Gasteiger partial charge in [-0.3, -0.25) is 9.59 Å². The van der Waals surface area contributed by atoms with Crippen LogP contribution in [-0.2, 0) is 9.59 Å². The van der Waals surface area contributed by atoms with Gasteiger partial charge >= 0.3 is 0 Å². The molecular formula is C28H44N2O2. The highest BCUT2D eigenvalue weighted by atomic mass is 16.2. The molecule has 3 fully saturated rings. The topological polar surface area (TPSA) is 49.4 Å². The van der Waals surface area contributed by atoms with E-state index >= 15 is 0 Å². The summed E-state index contributed by atoms with van der Waals surface area (Å²) in [5.74, 6) is 3.03. The van der Waals surface area contributed by atoms with Crippen molar-refractivity contribution in [3.8, 4) is 0 Å². The van der Waals surface area contributed by atoms with Crippen LogP contribution in [0.15, 0.2) is 23.4 Å². The highest BCUT2D eigenvalue weighted by Crippen LogP contribution is 2.67. The molecule has 0 aliphatic heterocycles. The van der Waals surface area contributed by atoms with Crippen LogP contribution in [-0.4, -0.2) is 36.7 Å². The molecule has 0 spiro atoms. The second-order valence-electron chi connectivity index (χ2n) is 12.1.